The quantitative estimate of drug-likeness (QED) is 0.889. The number of nitrogens with one attached hydrogen (secondary N) is 1. The van der Waals surface area contributed by atoms with Crippen LogP contribution in [0, 0.1) is 5.92 Å². The van der Waals surface area contributed by atoms with Crippen molar-refractivity contribution in [3.8, 4) is 0 Å². The largest absolute Gasteiger partial charge is 0.445 e. The molecule has 3 rings (SSSR count). The van der Waals surface area contributed by atoms with Gasteiger partial charge in [-0.25, -0.2) is 13.6 Å². The highest BCUT2D eigenvalue weighted by Gasteiger charge is 2.34. The van der Waals surface area contributed by atoms with Crippen LogP contribution in [-0.4, -0.2) is 67.6 Å². The van der Waals surface area contributed by atoms with Crippen LogP contribution in [0.3, 0.4) is 0 Å². The smallest absolute Gasteiger partial charge is 0.410 e. The van der Waals surface area contributed by atoms with E-state index in [1.165, 1.54) is 0 Å². The lowest BCUT2D eigenvalue weighted by molar-refractivity contribution is -0.0229. The average Bonchev–Trinajstić information content (AvgIpc) is 2.81. The number of alkyl halides is 2. The summed E-state index contributed by atoms with van der Waals surface area (Å²) in [6.07, 6.45) is 1.36. The standard InChI is InChI=1S/C19H27F2N3O2/c20-19(21)14-22-8-11-23(15-19)12-16-6-9-24(10-7-16)18(25)26-13-17-4-2-1-3-5-17/h1-5,16,22H,6-15H2. The number of benzene rings is 1. The Morgan fingerprint density at radius 3 is 2.65 bits per heavy atom. The van der Waals surface area contributed by atoms with Crippen molar-refractivity contribution >= 4 is 6.09 Å². The molecular formula is C19H27F2N3O2. The number of ether oxygens (including phenoxy) is 1. The van der Waals surface area contributed by atoms with E-state index in [-0.39, 0.29) is 25.8 Å². The van der Waals surface area contributed by atoms with Crippen LogP contribution in [0.25, 0.3) is 0 Å². The molecule has 0 aromatic heterocycles. The van der Waals surface area contributed by atoms with E-state index in [0.717, 1.165) is 18.4 Å². The second-order valence-electron chi connectivity index (χ2n) is 7.24. The Bertz CT molecular complexity index is 577. The van der Waals surface area contributed by atoms with Gasteiger partial charge in [0.1, 0.15) is 6.61 Å². The number of likely N-dealkylation sites (tertiary alicyclic amines) is 1. The Labute approximate surface area is 153 Å². The number of rotatable bonds is 4. The van der Waals surface area contributed by atoms with Crippen molar-refractivity contribution < 1.29 is 18.3 Å². The lowest BCUT2D eigenvalue weighted by atomic mass is 9.96. The second kappa shape index (κ2) is 8.77. The lowest BCUT2D eigenvalue weighted by Crippen LogP contribution is -2.44. The maximum Gasteiger partial charge on any atom is 0.410 e. The molecule has 0 atom stereocenters. The second-order valence-corrected chi connectivity index (χ2v) is 7.24. The Morgan fingerprint density at radius 2 is 1.92 bits per heavy atom. The molecule has 0 radical (unpaired) electrons. The molecule has 2 aliphatic heterocycles. The van der Waals surface area contributed by atoms with Gasteiger partial charge < -0.3 is 15.0 Å². The summed E-state index contributed by atoms with van der Waals surface area (Å²) < 4.78 is 32.7. The van der Waals surface area contributed by atoms with Crippen molar-refractivity contribution in [1.82, 2.24) is 15.1 Å². The van der Waals surface area contributed by atoms with Gasteiger partial charge in [0.15, 0.2) is 0 Å². The van der Waals surface area contributed by atoms with Gasteiger partial charge in [0.05, 0.1) is 13.1 Å². The molecular weight excluding hydrogens is 340 g/mol. The molecule has 1 amide bonds. The predicted octanol–water partition coefficient (Wildman–Crippen LogP) is 2.58. The zero-order valence-corrected chi connectivity index (χ0v) is 15.0. The molecule has 1 aromatic rings. The van der Waals surface area contributed by atoms with Crippen molar-refractivity contribution in [2.45, 2.75) is 25.4 Å². The summed E-state index contributed by atoms with van der Waals surface area (Å²) in [6, 6.07) is 9.59. The minimum Gasteiger partial charge on any atom is -0.445 e. The van der Waals surface area contributed by atoms with Crippen molar-refractivity contribution in [1.29, 1.82) is 0 Å². The Balaban J connectivity index is 1.40. The van der Waals surface area contributed by atoms with E-state index < -0.39 is 5.92 Å². The normalized spacial score (nSPS) is 22.0. The van der Waals surface area contributed by atoms with Crippen LogP contribution in [0.2, 0.25) is 0 Å². The van der Waals surface area contributed by atoms with E-state index in [9.17, 15) is 13.6 Å². The zero-order valence-electron chi connectivity index (χ0n) is 15.0. The SMILES string of the molecule is O=C(OCc1ccccc1)N1CCC(CN2CCNCC(F)(F)C2)CC1. The van der Waals surface area contributed by atoms with Gasteiger partial charge in [-0.05, 0) is 24.3 Å². The van der Waals surface area contributed by atoms with E-state index >= 15 is 0 Å². The number of carbonyl (C=O) groups excluding carboxylic acids is 1. The molecule has 2 fully saturated rings. The molecule has 0 saturated carbocycles. The number of hydrogen-bond donors (Lipinski definition) is 1. The van der Waals surface area contributed by atoms with Gasteiger partial charge in [0.25, 0.3) is 5.92 Å². The monoisotopic (exact) mass is 367 g/mol. The molecule has 26 heavy (non-hydrogen) atoms. The molecule has 0 unspecified atom stereocenters. The third-order valence-corrected chi connectivity index (χ3v) is 5.04. The van der Waals surface area contributed by atoms with Crippen molar-refractivity contribution in [3.63, 3.8) is 0 Å². The highest BCUT2D eigenvalue weighted by molar-refractivity contribution is 5.67. The molecule has 5 nitrogen and oxygen atoms in total. The fraction of sp³-hybridized carbons (Fsp3) is 0.632. The van der Waals surface area contributed by atoms with Crippen molar-refractivity contribution in [3.05, 3.63) is 35.9 Å². The fourth-order valence-electron chi connectivity index (χ4n) is 3.60. The lowest BCUT2D eigenvalue weighted by Gasteiger charge is -2.34. The number of nitrogens with zero attached hydrogens (tertiary/aromatic N) is 2. The molecule has 0 aliphatic carbocycles. The molecule has 0 bridgehead atoms. The first-order valence-electron chi connectivity index (χ1n) is 9.28. The van der Waals surface area contributed by atoms with Crippen molar-refractivity contribution in [2.75, 3.05) is 45.8 Å². The summed E-state index contributed by atoms with van der Waals surface area (Å²) in [7, 11) is 0. The van der Waals surface area contributed by atoms with E-state index in [2.05, 4.69) is 5.32 Å². The third-order valence-electron chi connectivity index (χ3n) is 5.04. The van der Waals surface area contributed by atoms with Crippen LogP contribution in [0.15, 0.2) is 30.3 Å². The average molecular weight is 367 g/mol. The van der Waals surface area contributed by atoms with Crippen LogP contribution in [0.5, 0.6) is 0 Å². The first-order chi connectivity index (χ1) is 12.5. The Hall–Kier alpha value is -1.73. The third kappa shape index (κ3) is 5.64. The maximum absolute atomic E-state index is 13.7. The predicted molar refractivity (Wildman–Crippen MR) is 95.2 cm³/mol. The van der Waals surface area contributed by atoms with E-state index in [1.807, 2.05) is 35.2 Å². The van der Waals surface area contributed by atoms with Gasteiger partial charge in [-0.1, -0.05) is 30.3 Å². The number of hydrogen-bond acceptors (Lipinski definition) is 4. The number of piperidine rings is 1. The van der Waals surface area contributed by atoms with Gasteiger partial charge >= 0.3 is 6.09 Å². The summed E-state index contributed by atoms with van der Waals surface area (Å²) in [5.74, 6) is -2.32. The van der Waals surface area contributed by atoms with Crippen LogP contribution in [0.1, 0.15) is 18.4 Å². The van der Waals surface area contributed by atoms with E-state index in [0.29, 0.717) is 38.6 Å². The Morgan fingerprint density at radius 1 is 1.19 bits per heavy atom. The van der Waals surface area contributed by atoms with Gasteiger partial charge in [-0.15, -0.1) is 0 Å². The topological polar surface area (TPSA) is 44.8 Å². The van der Waals surface area contributed by atoms with Crippen LogP contribution in [-0.2, 0) is 11.3 Å². The highest BCUT2D eigenvalue weighted by atomic mass is 19.3. The molecule has 1 aromatic carbocycles. The number of carbonyl (C=O) groups is 1. The van der Waals surface area contributed by atoms with Crippen molar-refractivity contribution in [2.24, 2.45) is 5.92 Å². The van der Waals surface area contributed by atoms with Crippen LogP contribution < -0.4 is 5.32 Å². The Kier molecular flexibility index (Phi) is 6.43. The molecule has 2 heterocycles. The first-order valence-corrected chi connectivity index (χ1v) is 9.28. The highest BCUT2D eigenvalue weighted by Crippen LogP contribution is 2.22. The summed E-state index contributed by atoms with van der Waals surface area (Å²) >= 11 is 0. The van der Waals surface area contributed by atoms with E-state index in [4.69, 9.17) is 4.74 Å². The number of halogens is 2. The van der Waals surface area contributed by atoms with Gasteiger partial charge in [0.2, 0.25) is 0 Å². The molecule has 0 spiro atoms. The summed E-state index contributed by atoms with van der Waals surface area (Å²) in [6.45, 7) is 3.02. The molecule has 2 saturated heterocycles. The molecule has 144 valence electrons. The van der Waals surface area contributed by atoms with E-state index in [1.54, 1.807) is 4.90 Å². The molecule has 2 aliphatic rings. The van der Waals surface area contributed by atoms with Gasteiger partial charge in [0, 0.05) is 32.7 Å². The van der Waals surface area contributed by atoms with Gasteiger partial charge in [-0.2, -0.15) is 0 Å². The van der Waals surface area contributed by atoms with Gasteiger partial charge in [-0.3, -0.25) is 4.90 Å². The summed E-state index contributed by atoms with van der Waals surface area (Å²) in [5, 5.41) is 2.79. The first kappa shape index (κ1) is 19.0. The minimum atomic E-state index is -2.67. The number of amides is 1. The fourth-order valence-corrected chi connectivity index (χ4v) is 3.60. The maximum atomic E-state index is 13.7. The zero-order chi connectivity index (χ0) is 18.4. The molecule has 7 heteroatoms. The van der Waals surface area contributed by atoms with Crippen LogP contribution in [0.4, 0.5) is 13.6 Å². The molecule has 1 N–H and O–H groups in total. The summed E-state index contributed by atoms with van der Waals surface area (Å²) in [4.78, 5) is 15.8. The summed E-state index contributed by atoms with van der Waals surface area (Å²) in [5.41, 5.74) is 0.964. The van der Waals surface area contributed by atoms with Crippen LogP contribution >= 0.6 is 0 Å². The minimum absolute atomic E-state index is 0.181.